The maximum atomic E-state index is 5.42. The molecule has 0 radical (unpaired) electrons. The minimum atomic E-state index is 0.253. The zero-order valence-corrected chi connectivity index (χ0v) is 15.4. The first-order chi connectivity index (χ1) is 12.7. The average Bonchev–Trinajstić information content (AvgIpc) is 2.66. The third-order valence-corrected chi connectivity index (χ3v) is 3.87. The van der Waals surface area contributed by atoms with Gasteiger partial charge in [0.05, 0.1) is 12.8 Å². The van der Waals surface area contributed by atoms with Crippen molar-refractivity contribution in [1.82, 2.24) is 9.97 Å². The Morgan fingerprint density at radius 3 is 2.42 bits per heavy atom. The highest BCUT2D eigenvalue weighted by Crippen LogP contribution is 2.23. The molecule has 3 aromatic rings. The third kappa shape index (κ3) is 4.51. The topological polar surface area (TPSA) is 59.1 Å². The molecule has 1 aromatic heterocycles. The molecule has 1 heterocycles. The van der Waals surface area contributed by atoms with Crippen molar-refractivity contribution in [3.8, 4) is 17.0 Å². The quantitative estimate of drug-likeness (QED) is 0.654. The number of nitrogens with one attached hydrogen (secondary N) is 2. The highest BCUT2D eigenvalue weighted by molar-refractivity contribution is 5.64. The lowest BCUT2D eigenvalue weighted by Crippen LogP contribution is -2.14. The van der Waals surface area contributed by atoms with Crippen molar-refractivity contribution in [3.63, 3.8) is 0 Å². The summed E-state index contributed by atoms with van der Waals surface area (Å²) in [7, 11) is 1.68. The van der Waals surface area contributed by atoms with Gasteiger partial charge >= 0.3 is 0 Å². The molecule has 0 aliphatic carbocycles. The molecule has 0 unspecified atom stereocenters. The Morgan fingerprint density at radius 1 is 0.962 bits per heavy atom. The molecule has 0 saturated carbocycles. The number of rotatable bonds is 7. The molecule has 2 N–H and O–H groups in total. The summed E-state index contributed by atoms with van der Waals surface area (Å²) < 4.78 is 5.42. The number of para-hydroxylation sites is 1. The second-order valence-corrected chi connectivity index (χ2v) is 6.29. The SMILES string of the molecule is COc1ccccc1CNc1cc(-c2ccccc2)nc(NC(C)C)n1. The highest BCUT2D eigenvalue weighted by atomic mass is 16.5. The van der Waals surface area contributed by atoms with Gasteiger partial charge in [0.15, 0.2) is 0 Å². The summed E-state index contributed by atoms with van der Waals surface area (Å²) in [6.45, 7) is 4.76. The summed E-state index contributed by atoms with van der Waals surface area (Å²) in [5, 5.41) is 6.68. The first kappa shape index (κ1) is 17.7. The lowest BCUT2D eigenvalue weighted by atomic mass is 10.1. The molecular formula is C21H24N4O. The van der Waals surface area contributed by atoms with Gasteiger partial charge in [-0.1, -0.05) is 48.5 Å². The van der Waals surface area contributed by atoms with Gasteiger partial charge < -0.3 is 15.4 Å². The van der Waals surface area contributed by atoms with Crippen molar-refractivity contribution < 1.29 is 4.74 Å². The summed E-state index contributed by atoms with van der Waals surface area (Å²) in [5.41, 5.74) is 3.02. The van der Waals surface area contributed by atoms with E-state index < -0.39 is 0 Å². The first-order valence-electron chi connectivity index (χ1n) is 8.72. The van der Waals surface area contributed by atoms with Crippen LogP contribution in [0.15, 0.2) is 60.7 Å². The monoisotopic (exact) mass is 348 g/mol. The Balaban J connectivity index is 1.88. The fourth-order valence-electron chi connectivity index (χ4n) is 2.65. The molecule has 0 aliphatic heterocycles. The Kier molecular flexibility index (Phi) is 5.69. The Hall–Kier alpha value is -3.08. The summed E-state index contributed by atoms with van der Waals surface area (Å²) in [5.74, 6) is 2.25. The van der Waals surface area contributed by atoms with Crippen LogP contribution in [0.2, 0.25) is 0 Å². The van der Waals surface area contributed by atoms with E-state index in [0.717, 1.165) is 28.4 Å². The number of benzene rings is 2. The highest BCUT2D eigenvalue weighted by Gasteiger charge is 2.09. The molecule has 134 valence electrons. The number of hydrogen-bond donors (Lipinski definition) is 2. The van der Waals surface area contributed by atoms with Gasteiger partial charge in [-0.3, -0.25) is 0 Å². The van der Waals surface area contributed by atoms with Crippen LogP contribution in [-0.4, -0.2) is 23.1 Å². The van der Waals surface area contributed by atoms with Gasteiger partial charge in [0.2, 0.25) is 5.95 Å². The summed E-state index contributed by atoms with van der Waals surface area (Å²) in [6.07, 6.45) is 0. The minimum Gasteiger partial charge on any atom is -0.496 e. The number of hydrogen-bond acceptors (Lipinski definition) is 5. The molecule has 0 bridgehead atoms. The lowest BCUT2D eigenvalue weighted by molar-refractivity contribution is 0.410. The molecule has 3 rings (SSSR count). The van der Waals surface area contributed by atoms with Gasteiger partial charge in [-0.25, -0.2) is 4.98 Å². The summed E-state index contributed by atoms with van der Waals surface area (Å²) in [4.78, 5) is 9.24. The smallest absolute Gasteiger partial charge is 0.225 e. The van der Waals surface area contributed by atoms with E-state index in [1.54, 1.807) is 7.11 Å². The lowest BCUT2D eigenvalue weighted by Gasteiger charge is -2.14. The fourth-order valence-corrected chi connectivity index (χ4v) is 2.65. The standard InChI is InChI=1S/C21H24N4O/c1-15(2)23-21-24-18(16-9-5-4-6-10-16)13-20(25-21)22-14-17-11-7-8-12-19(17)26-3/h4-13,15H,14H2,1-3H3,(H2,22,23,24,25). The Labute approximate surface area is 154 Å². The van der Waals surface area contributed by atoms with E-state index in [2.05, 4.69) is 34.4 Å². The van der Waals surface area contributed by atoms with Crippen LogP contribution >= 0.6 is 0 Å². The maximum Gasteiger partial charge on any atom is 0.225 e. The molecule has 5 nitrogen and oxygen atoms in total. The van der Waals surface area contributed by atoms with Crippen molar-refractivity contribution >= 4 is 11.8 Å². The van der Waals surface area contributed by atoms with Gasteiger partial charge in [-0.15, -0.1) is 0 Å². The predicted octanol–water partition coefficient (Wildman–Crippen LogP) is 4.58. The van der Waals surface area contributed by atoms with Crippen LogP contribution in [0, 0.1) is 0 Å². The van der Waals surface area contributed by atoms with E-state index in [1.165, 1.54) is 0 Å². The summed E-state index contributed by atoms with van der Waals surface area (Å²) in [6, 6.07) is 20.3. The van der Waals surface area contributed by atoms with Gasteiger partial charge in [0.25, 0.3) is 0 Å². The second kappa shape index (κ2) is 8.34. The van der Waals surface area contributed by atoms with Crippen molar-refractivity contribution in [2.24, 2.45) is 0 Å². The van der Waals surface area contributed by atoms with Crippen molar-refractivity contribution in [2.75, 3.05) is 17.7 Å². The molecule has 0 spiro atoms. The molecule has 0 atom stereocenters. The van der Waals surface area contributed by atoms with Gasteiger partial charge in [0.1, 0.15) is 11.6 Å². The number of methoxy groups -OCH3 is 1. The van der Waals surface area contributed by atoms with E-state index in [9.17, 15) is 0 Å². The van der Waals surface area contributed by atoms with Crippen LogP contribution in [0.25, 0.3) is 11.3 Å². The van der Waals surface area contributed by atoms with Crippen LogP contribution in [0.5, 0.6) is 5.75 Å². The van der Waals surface area contributed by atoms with E-state index >= 15 is 0 Å². The normalized spacial score (nSPS) is 10.6. The Bertz CT molecular complexity index is 850. The summed E-state index contributed by atoms with van der Waals surface area (Å²) >= 11 is 0. The van der Waals surface area contributed by atoms with Crippen molar-refractivity contribution in [3.05, 3.63) is 66.2 Å². The minimum absolute atomic E-state index is 0.253. The molecule has 0 aliphatic rings. The van der Waals surface area contributed by atoms with Crippen LogP contribution in [0.1, 0.15) is 19.4 Å². The van der Waals surface area contributed by atoms with E-state index in [4.69, 9.17) is 4.74 Å². The zero-order valence-electron chi connectivity index (χ0n) is 15.4. The molecule has 5 heteroatoms. The maximum absolute atomic E-state index is 5.42. The van der Waals surface area contributed by atoms with Crippen LogP contribution in [0.3, 0.4) is 0 Å². The van der Waals surface area contributed by atoms with Crippen LogP contribution in [0.4, 0.5) is 11.8 Å². The molecule has 2 aromatic carbocycles. The van der Waals surface area contributed by atoms with Gasteiger partial charge in [0, 0.05) is 29.8 Å². The number of anilines is 2. The number of aromatic nitrogens is 2. The third-order valence-electron chi connectivity index (χ3n) is 3.87. The van der Waals surface area contributed by atoms with E-state index in [0.29, 0.717) is 12.5 Å². The second-order valence-electron chi connectivity index (χ2n) is 6.29. The molecule has 0 saturated heterocycles. The molecular weight excluding hydrogens is 324 g/mol. The zero-order chi connectivity index (χ0) is 18.4. The Morgan fingerprint density at radius 2 is 1.69 bits per heavy atom. The van der Waals surface area contributed by atoms with Crippen LogP contribution in [-0.2, 0) is 6.54 Å². The predicted molar refractivity (Wildman–Crippen MR) is 107 cm³/mol. The molecule has 0 fully saturated rings. The average molecular weight is 348 g/mol. The molecule has 0 amide bonds. The van der Waals surface area contributed by atoms with Gasteiger partial charge in [-0.05, 0) is 19.9 Å². The number of ether oxygens (including phenoxy) is 1. The van der Waals surface area contributed by atoms with Crippen LogP contribution < -0.4 is 15.4 Å². The van der Waals surface area contributed by atoms with E-state index in [-0.39, 0.29) is 6.04 Å². The number of nitrogens with zero attached hydrogens (tertiary/aromatic N) is 2. The molecule has 26 heavy (non-hydrogen) atoms. The van der Waals surface area contributed by atoms with Gasteiger partial charge in [-0.2, -0.15) is 4.98 Å². The van der Waals surface area contributed by atoms with E-state index in [1.807, 2.05) is 60.7 Å². The van der Waals surface area contributed by atoms with Crippen molar-refractivity contribution in [1.29, 1.82) is 0 Å². The largest absolute Gasteiger partial charge is 0.496 e. The first-order valence-corrected chi connectivity index (χ1v) is 8.72. The fraction of sp³-hybridized carbons (Fsp3) is 0.238. The van der Waals surface area contributed by atoms with Crippen molar-refractivity contribution in [2.45, 2.75) is 26.4 Å².